The van der Waals surface area contributed by atoms with E-state index in [1.807, 2.05) is 6.26 Å². The van der Waals surface area contributed by atoms with Crippen molar-refractivity contribution >= 4 is 40.2 Å². The van der Waals surface area contributed by atoms with Crippen molar-refractivity contribution in [2.24, 2.45) is 0 Å². The highest BCUT2D eigenvalue weighted by Gasteiger charge is 2.17. The van der Waals surface area contributed by atoms with Crippen molar-refractivity contribution in [3.8, 4) is 0 Å². The number of halogens is 1. The van der Waals surface area contributed by atoms with Crippen LogP contribution in [0.2, 0.25) is 5.02 Å². The van der Waals surface area contributed by atoms with Crippen molar-refractivity contribution in [1.29, 1.82) is 0 Å². The molecule has 3 heterocycles. The van der Waals surface area contributed by atoms with Crippen LogP contribution in [0.5, 0.6) is 0 Å². The van der Waals surface area contributed by atoms with Gasteiger partial charge in [-0.25, -0.2) is 15.0 Å². The number of fused-ring (bicyclic) bond motifs is 1. The van der Waals surface area contributed by atoms with Crippen molar-refractivity contribution in [3.05, 3.63) is 47.1 Å². The van der Waals surface area contributed by atoms with Crippen molar-refractivity contribution in [2.45, 2.75) is 5.03 Å². The quantitative estimate of drug-likeness (QED) is 0.595. The second-order valence-corrected chi connectivity index (χ2v) is 5.20. The molecule has 0 saturated heterocycles. The van der Waals surface area contributed by atoms with E-state index in [0.29, 0.717) is 21.6 Å². The minimum absolute atomic E-state index is 0.251. The number of nitrogens with zero attached hydrogens (tertiary/aromatic N) is 3. The lowest BCUT2D eigenvalue weighted by Gasteiger charge is -2.04. The molecule has 100 valence electrons. The Labute approximate surface area is 123 Å². The molecular weight excluding hydrogens is 296 g/mol. The second-order valence-electron chi connectivity index (χ2n) is 4.00. The molecule has 0 aliphatic carbocycles. The normalized spacial score (nSPS) is 10.9. The van der Waals surface area contributed by atoms with Crippen LogP contribution in [-0.4, -0.2) is 32.0 Å². The Morgan fingerprint density at radius 1 is 1.25 bits per heavy atom. The van der Waals surface area contributed by atoms with Crippen LogP contribution in [0.15, 0.2) is 35.9 Å². The number of H-pyrrole nitrogens is 1. The second kappa shape index (κ2) is 5.22. The van der Waals surface area contributed by atoms with E-state index in [0.717, 1.165) is 5.03 Å². The van der Waals surface area contributed by atoms with Crippen LogP contribution in [0.1, 0.15) is 16.1 Å². The Balaban J connectivity index is 2.04. The number of thioether (sulfide) groups is 1. The maximum atomic E-state index is 12.4. The van der Waals surface area contributed by atoms with Crippen LogP contribution in [0.3, 0.4) is 0 Å². The van der Waals surface area contributed by atoms with Gasteiger partial charge in [-0.05, 0) is 12.3 Å². The molecule has 0 atom stereocenters. The van der Waals surface area contributed by atoms with Crippen molar-refractivity contribution in [3.63, 3.8) is 0 Å². The Hall–Kier alpha value is -1.92. The minimum atomic E-state index is -0.286. The number of aromatic amines is 1. The Morgan fingerprint density at radius 2 is 2.10 bits per heavy atom. The van der Waals surface area contributed by atoms with E-state index in [4.69, 9.17) is 11.6 Å². The highest BCUT2D eigenvalue weighted by atomic mass is 35.5. The molecule has 0 bridgehead atoms. The highest BCUT2D eigenvalue weighted by Crippen LogP contribution is 2.26. The lowest BCUT2D eigenvalue weighted by atomic mass is 10.1. The third-order valence-corrected chi connectivity index (χ3v) is 3.87. The van der Waals surface area contributed by atoms with Gasteiger partial charge in [-0.3, -0.25) is 4.79 Å². The predicted octanol–water partition coefficient (Wildman–Crippen LogP) is 2.96. The summed E-state index contributed by atoms with van der Waals surface area (Å²) in [5.74, 6) is -0.286. The van der Waals surface area contributed by atoms with Crippen LogP contribution < -0.4 is 0 Å². The molecule has 3 aromatic heterocycles. The molecule has 0 unspecified atom stereocenters. The van der Waals surface area contributed by atoms with Gasteiger partial charge in [0.15, 0.2) is 0 Å². The van der Waals surface area contributed by atoms with Gasteiger partial charge in [0, 0.05) is 17.8 Å². The number of aromatic nitrogens is 4. The first kappa shape index (κ1) is 13.1. The first-order valence-electron chi connectivity index (χ1n) is 5.73. The lowest BCUT2D eigenvalue weighted by molar-refractivity contribution is 0.103. The summed E-state index contributed by atoms with van der Waals surface area (Å²) >= 11 is 7.72. The summed E-state index contributed by atoms with van der Waals surface area (Å²) in [5, 5.41) is 1.84. The first-order valence-corrected chi connectivity index (χ1v) is 7.33. The molecule has 0 saturated carbocycles. The Kier molecular flexibility index (Phi) is 3.42. The number of rotatable bonds is 3. The van der Waals surface area contributed by atoms with E-state index in [-0.39, 0.29) is 11.5 Å². The lowest BCUT2D eigenvalue weighted by Crippen LogP contribution is -2.06. The predicted molar refractivity (Wildman–Crippen MR) is 78.3 cm³/mol. The maximum Gasteiger partial charge on any atom is 0.216 e. The molecule has 0 spiro atoms. The van der Waals surface area contributed by atoms with E-state index >= 15 is 0 Å². The van der Waals surface area contributed by atoms with Crippen molar-refractivity contribution < 1.29 is 4.79 Å². The number of carbonyl (C=O) groups is 1. The molecule has 5 nitrogen and oxygen atoms in total. The molecule has 20 heavy (non-hydrogen) atoms. The van der Waals surface area contributed by atoms with Crippen LogP contribution in [0, 0.1) is 0 Å². The number of carbonyl (C=O) groups excluding carboxylic acids is 1. The molecule has 0 aliphatic rings. The van der Waals surface area contributed by atoms with Crippen LogP contribution in [-0.2, 0) is 0 Å². The average Bonchev–Trinajstić information content (AvgIpc) is 2.96. The molecule has 0 radical (unpaired) electrons. The fourth-order valence-electron chi connectivity index (χ4n) is 1.81. The zero-order chi connectivity index (χ0) is 14.1. The van der Waals surface area contributed by atoms with E-state index in [1.54, 1.807) is 18.5 Å². The molecule has 1 N–H and O–H groups in total. The SMILES string of the molecule is CSc1cnc(C(=O)c2cnc3[nH]ccc3c2Cl)cn1. The summed E-state index contributed by atoms with van der Waals surface area (Å²) in [5.41, 5.74) is 1.22. The van der Waals surface area contributed by atoms with Gasteiger partial charge in [0.2, 0.25) is 5.78 Å². The largest absolute Gasteiger partial charge is 0.346 e. The van der Waals surface area contributed by atoms with Gasteiger partial charge in [0.25, 0.3) is 0 Å². The van der Waals surface area contributed by atoms with Crippen molar-refractivity contribution in [2.75, 3.05) is 6.26 Å². The van der Waals surface area contributed by atoms with Gasteiger partial charge in [-0.15, -0.1) is 11.8 Å². The molecule has 0 fully saturated rings. The fraction of sp³-hybridized carbons (Fsp3) is 0.0769. The molecule has 3 rings (SSSR count). The van der Waals surface area contributed by atoms with Crippen molar-refractivity contribution in [1.82, 2.24) is 19.9 Å². The Morgan fingerprint density at radius 3 is 2.80 bits per heavy atom. The monoisotopic (exact) mass is 304 g/mol. The van der Waals surface area contributed by atoms with Gasteiger partial charge in [-0.1, -0.05) is 11.6 Å². The Bertz CT molecular complexity index is 785. The number of hydrogen-bond donors (Lipinski definition) is 1. The van der Waals surface area contributed by atoms with E-state index in [2.05, 4.69) is 19.9 Å². The average molecular weight is 305 g/mol. The van der Waals surface area contributed by atoms with Crippen LogP contribution in [0.25, 0.3) is 11.0 Å². The van der Waals surface area contributed by atoms with Gasteiger partial charge in [-0.2, -0.15) is 0 Å². The third-order valence-electron chi connectivity index (χ3n) is 2.84. The molecule has 7 heteroatoms. The number of pyridine rings is 1. The summed E-state index contributed by atoms with van der Waals surface area (Å²) in [4.78, 5) is 27.7. The molecular formula is C13H9ClN4OS. The maximum absolute atomic E-state index is 12.4. The molecule has 0 aromatic carbocycles. The highest BCUT2D eigenvalue weighted by molar-refractivity contribution is 7.98. The summed E-state index contributed by atoms with van der Waals surface area (Å²) in [6.07, 6.45) is 8.09. The molecule has 3 aromatic rings. The smallest absolute Gasteiger partial charge is 0.216 e. The van der Waals surface area contributed by atoms with Gasteiger partial charge in [0.05, 0.1) is 23.0 Å². The van der Waals surface area contributed by atoms with E-state index < -0.39 is 0 Å². The number of hydrogen-bond acceptors (Lipinski definition) is 5. The number of ketones is 1. The topological polar surface area (TPSA) is 71.5 Å². The van der Waals surface area contributed by atoms with Gasteiger partial charge < -0.3 is 4.98 Å². The fourth-order valence-corrected chi connectivity index (χ4v) is 2.41. The zero-order valence-electron chi connectivity index (χ0n) is 10.4. The first-order chi connectivity index (χ1) is 9.70. The van der Waals surface area contributed by atoms with Crippen LogP contribution >= 0.6 is 23.4 Å². The number of nitrogens with one attached hydrogen (secondary N) is 1. The van der Waals surface area contributed by atoms with E-state index in [1.165, 1.54) is 24.2 Å². The molecule has 0 amide bonds. The summed E-state index contributed by atoms with van der Waals surface area (Å²) in [6.45, 7) is 0. The minimum Gasteiger partial charge on any atom is -0.346 e. The van der Waals surface area contributed by atoms with Gasteiger partial charge in [0.1, 0.15) is 16.4 Å². The summed E-state index contributed by atoms with van der Waals surface area (Å²) in [6, 6.07) is 1.78. The standard InChI is InChI=1S/C13H9ClN4OS/c1-20-10-6-16-9(5-17-10)12(19)8-4-18-13-7(11(8)14)2-3-15-13/h2-6H,1H3,(H,15,18). The van der Waals surface area contributed by atoms with E-state index in [9.17, 15) is 4.79 Å². The van der Waals surface area contributed by atoms with Crippen LogP contribution in [0.4, 0.5) is 0 Å². The zero-order valence-corrected chi connectivity index (χ0v) is 12.0. The van der Waals surface area contributed by atoms with Gasteiger partial charge >= 0.3 is 0 Å². The summed E-state index contributed by atoms with van der Waals surface area (Å²) in [7, 11) is 0. The molecule has 0 aliphatic heterocycles. The third kappa shape index (κ3) is 2.17. The summed E-state index contributed by atoms with van der Waals surface area (Å²) < 4.78 is 0.